The van der Waals surface area contributed by atoms with Crippen LogP contribution < -0.4 is 10.6 Å². The Morgan fingerprint density at radius 1 is 1.28 bits per heavy atom. The van der Waals surface area contributed by atoms with E-state index in [2.05, 4.69) is 10.6 Å². The van der Waals surface area contributed by atoms with Gasteiger partial charge in [-0.15, -0.1) is 0 Å². The maximum atomic E-state index is 11.9. The van der Waals surface area contributed by atoms with Gasteiger partial charge in [0.2, 0.25) is 5.91 Å². The van der Waals surface area contributed by atoms with E-state index in [-0.39, 0.29) is 18.6 Å². The lowest BCUT2D eigenvalue weighted by atomic mass is 10.0. The Bertz CT molecular complexity index is 383. The van der Waals surface area contributed by atoms with E-state index in [1.54, 1.807) is 0 Å². The summed E-state index contributed by atoms with van der Waals surface area (Å²) in [5.41, 5.74) is 1.94. The van der Waals surface area contributed by atoms with Crippen LogP contribution in [0.2, 0.25) is 0 Å². The van der Waals surface area contributed by atoms with Gasteiger partial charge in [0.15, 0.2) is 0 Å². The number of hydrogen-bond donors (Lipinski definition) is 3. The van der Waals surface area contributed by atoms with Crippen LogP contribution in [0.15, 0.2) is 24.3 Å². The molecule has 0 saturated carbocycles. The third kappa shape index (κ3) is 3.55. The van der Waals surface area contributed by atoms with E-state index in [1.807, 2.05) is 24.3 Å². The predicted octanol–water partition coefficient (Wildman–Crippen LogP) is 0.937. The van der Waals surface area contributed by atoms with Gasteiger partial charge in [-0.25, -0.2) is 0 Å². The highest BCUT2D eigenvalue weighted by atomic mass is 16.3. The minimum Gasteiger partial charge on any atom is -0.392 e. The van der Waals surface area contributed by atoms with E-state index in [1.165, 1.54) is 0 Å². The molecule has 0 unspecified atom stereocenters. The Hall–Kier alpha value is -1.39. The van der Waals surface area contributed by atoms with Gasteiger partial charge in [-0.1, -0.05) is 30.7 Å². The zero-order valence-corrected chi connectivity index (χ0v) is 10.5. The molecular formula is C14H20N2O2. The largest absolute Gasteiger partial charge is 0.392 e. The summed E-state index contributed by atoms with van der Waals surface area (Å²) in [4.78, 5) is 11.9. The molecule has 1 aliphatic rings. The van der Waals surface area contributed by atoms with Crippen LogP contribution in [0, 0.1) is 0 Å². The summed E-state index contributed by atoms with van der Waals surface area (Å²) in [5.74, 6) is 0.0842. The quantitative estimate of drug-likeness (QED) is 0.743. The highest BCUT2D eigenvalue weighted by Crippen LogP contribution is 2.08. The number of aliphatic hydroxyl groups is 1. The second kappa shape index (κ2) is 6.52. The lowest BCUT2D eigenvalue weighted by Crippen LogP contribution is -2.46. The van der Waals surface area contributed by atoms with Crippen molar-refractivity contribution in [1.82, 2.24) is 10.6 Å². The van der Waals surface area contributed by atoms with Crippen LogP contribution in [0.1, 0.15) is 30.4 Å². The number of benzene rings is 1. The highest BCUT2D eigenvalue weighted by molar-refractivity contribution is 5.81. The number of carbonyl (C=O) groups excluding carboxylic acids is 1. The topological polar surface area (TPSA) is 61.4 Å². The van der Waals surface area contributed by atoms with E-state index in [0.717, 1.165) is 36.9 Å². The minimum absolute atomic E-state index is 0.0320. The molecule has 1 atom stereocenters. The fourth-order valence-corrected chi connectivity index (χ4v) is 2.15. The van der Waals surface area contributed by atoms with Gasteiger partial charge in [0, 0.05) is 6.54 Å². The van der Waals surface area contributed by atoms with E-state index in [0.29, 0.717) is 6.54 Å². The van der Waals surface area contributed by atoms with E-state index in [9.17, 15) is 4.79 Å². The van der Waals surface area contributed by atoms with E-state index in [4.69, 9.17) is 5.11 Å². The molecule has 0 bridgehead atoms. The molecule has 0 spiro atoms. The van der Waals surface area contributed by atoms with Crippen LogP contribution in [-0.4, -0.2) is 23.6 Å². The molecule has 0 radical (unpaired) electrons. The van der Waals surface area contributed by atoms with Crippen molar-refractivity contribution in [3.63, 3.8) is 0 Å². The van der Waals surface area contributed by atoms with Gasteiger partial charge in [0.25, 0.3) is 0 Å². The van der Waals surface area contributed by atoms with Gasteiger partial charge in [0.1, 0.15) is 0 Å². The van der Waals surface area contributed by atoms with Crippen molar-refractivity contribution in [1.29, 1.82) is 0 Å². The van der Waals surface area contributed by atoms with Crippen LogP contribution >= 0.6 is 0 Å². The van der Waals surface area contributed by atoms with Crippen molar-refractivity contribution in [2.24, 2.45) is 0 Å². The summed E-state index contributed by atoms with van der Waals surface area (Å²) in [5, 5.41) is 15.1. The zero-order valence-electron chi connectivity index (χ0n) is 10.5. The summed E-state index contributed by atoms with van der Waals surface area (Å²) in [6.07, 6.45) is 3.21. The average molecular weight is 248 g/mol. The Balaban J connectivity index is 1.80. The number of rotatable bonds is 4. The van der Waals surface area contributed by atoms with Crippen LogP contribution in [0.4, 0.5) is 0 Å². The SMILES string of the molecule is O=C(NCc1ccc(CO)cc1)[C@@H]1CCCCN1. The Kier molecular flexibility index (Phi) is 4.73. The molecule has 4 heteroatoms. The van der Waals surface area contributed by atoms with Crippen molar-refractivity contribution in [2.75, 3.05) is 6.54 Å². The predicted molar refractivity (Wildman–Crippen MR) is 69.9 cm³/mol. The highest BCUT2D eigenvalue weighted by Gasteiger charge is 2.19. The number of nitrogens with one attached hydrogen (secondary N) is 2. The van der Waals surface area contributed by atoms with Crippen molar-refractivity contribution in [3.8, 4) is 0 Å². The molecule has 1 heterocycles. The second-order valence-electron chi connectivity index (χ2n) is 4.69. The smallest absolute Gasteiger partial charge is 0.237 e. The molecule has 1 aliphatic heterocycles. The summed E-state index contributed by atoms with van der Waals surface area (Å²) in [6, 6.07) is 7.58. The van der Waals surface area contributed by atoms with Gasteiger partial charge < -0.3 is 15.7 Å². The molecule has 98 valence electrons. The Morgan fingerprint density at radius 2 is 2.00 bits per heavy atom. The molecule has 1 amide bonds. The Labute approximate surface area is 107 Å². The van der Waals surface area contributed by atoms with E-state index >= 15 is 0 Å². The first-order valence-corrected chi connectivity index (χ1v) is 6.49. The molecule has 1 saturated heterocycles. The molecule has 3 N–H and O–H groups in total. The van der Waals surface area contributed by atoms with Crippen LogP contribution in [-0.2, 0) is 17.9 Å². The maximum absolute atomic E-state index is 11.9. The third-order valence-corrected chi connectivity index (χ3v) is 3.30. The normalized spacial score (nSPS) is 19.5. The second-order valence-corrected chi connectivity index (χ2v) is 4.69. The summed E-state index contributed by atoms with van der Waals surface area (Å²) in [7, 11) is 0. The number of hydrogen-bond acceptors (Lipinski definition) is 3. The summed E-state index contributed by atoms with van der Waals surface area (Å²) in [6.45, 7) is 1.53. The average Bonchev–Trinajstić information content (AvgIpc) is 2.46. The van der Waals surface area contributed by atoms with Crippen LogP contribution in [0.3, 0.4) is 0 Å². The van der Waals surface area contributed by atoms with Crippen molar-refractivity contribution in [2.45, 2.75) is 38.5 Å². The summed E-state index contributed by atoms with van der Waals surface area (Å²) >= 11 is 0. The minimum atomic E-state index is -0.0320. The first-order valence-electron chi connectivity index (χ1n) is 6.49. The van der Waals surface area contributed by atoms with Crippen LogP contribution in [0.25, 0.3) is 0 Å². The molecule has 4 nitrogen and oxygen atoms in total. The number of piperidine rings is 1. The van der Waals surface area contributed by atoms with E-state index < -0.39 is 0 Å². The monoisotopic (exact) mass is 248 g/mol. The molecule has 1 aromatic rings. The summed E-state index contributed by atoms with van der Waals surface area (Å²) < 4.78 is 0. The first kappa shape index (κ1) is 13.1. The zero-order chi connectivity index (χ0) is 12.8. The lowest BCUT2D eigenvalue weighted by molar-refractivity contribution is -0.123. The van der Waals surface area contributed by atoms with Gasteiger partial charge in [-0.05, 0) is 30.5 Å². The standard InChI is InChI=1S/C14H20N2O2/c17-10-12-6-4-11(5-7-12)9-16-14(18)13-3-1-2-8-15-13/h4-7,13,15,17H,1-3,8-10H2,(H,16,18)/t13-/m0/s1. The first-order chi connectivity index (χ1) is 8.79. The fourth-order valence-electron chi connectivity index (χ4n) is 2.15. The molecule has 0 aromatic heterocycles. The molecule has 1 fully saturated rings. The lowest BCUT2D eigenvalue weighted by Gasteiger charge is -2.22. The third-order valence-electron chi connectivity index (χ3n) is 3.30. The molecule has 2 rings (SSSR count). The van der Waals surface area contributed by atoms with Crippen molar-refractivity contribution in [3.05, 3.63) is 35.4 Å². The van der Waals surface area contributed by atoms with Gasteiger partial charge in [-0.3, -0.25) is 4.79 Å². The maximum Gasteiger partial charge on any atom is 0.237 e. The van der Waals surface area contributed by atoms with Crippen molar-refractivity contribution >= 4 is 5.91 Å². The molecule has 18 heavy (non-hydrogen) atoms. The number of amides is 1. The fraction of sp³-hybridized carbons (Fsp3) is 0.500. The molecule has 1 aromatic carbocycles. The van der Waals surface area contributed by atoms with Crippen LogP contribution in [0.5, 0.6) is 0 Å². The van der Waals surface area contributed by atoms with Gasteiger partial charge in [-0.2, -0.15) is 0 Å². The molecule has 0 aliphatic carbocycles. The van der Waals surface area contributed by atoms with Gasteiger partial charge in [0.05, 0.1) is 12.6 Å². The Morgan fingerprint density at radius 3 is 2.61 bits per heavy atom. The number of aliphatic hydroxyl groups excluding tert-OH is 1. The molecular weight excluding hydrogens is 228 g/mol. The van der Waals surface area contributed by atoms with Gasteiger partial charge >= 0.3 is 0 Å². The number of carbonyl (C=O) groups is 1. The van der Waals surface area contributed by atoms with Crippen molar-refractivity contribution < 1.29 is 9.90 Å².